The van der Waals surface area contributed by atoms with Crippen LogP contribution in [0.5, 0.6) is 0 Å². The maximum absolute atomic E-state index is 13.0. The number of anilines is 2. The van der Waals surface area contributed by atoms with E-state index in [4.69, 9.17) is 4.42 Å². The summed E-state index contributed by atoms with van der Waals surface area (Å²) in [6.45, 7) is 9.39. The fraction of sp³-hybridized carbons (Fsp3) is 0.280. The van der Waals surface area contributed by atoms with E-state index in [0.29, 0.717) is 11.4 Å². The lowest BCUT2D eigenvalue weighted by Gasteiger charge is -2.19. The van der Waals surface area contributed by atoms with Crippen molar-refractivity contribution in [2.24, 2.45) is 0 Å². The summed E-state index contributed by atoms with van der Waals surface area (Å²) in [7, 11) is -3.77. The van der Waals surface area contributed by atoms with Crippen LogP contribution in [0.15, 0.2) is 52.0 Å². The zero-order valence-corrected chi connectivity index (χ0v) is 20.7. The maximum Gasteiger partial charge on any atom is 0.291 e. The molecule has 9 heteroatoms. The molecule has 0 aliphatic carbocycles. The van der Waals surface area contributed by atoms with Crippen molar-refractivity contribution >= 4 is 33.2 Å². The van der Waals surface area contributed by atoms with Crippen molar-refractivity contribution in [3.63, 3.8) is 0 Å². The summed E-state index contributed by atoms with van der Waals surface area (Å²) in [6, 6.07) is 9.76. The first-order valence-electron chi connectivity index (χ1n) is 10.8. The molecule has 2 aromatic carbocycles. The third-order valence-electron chi connectivity index (χ3n) is 6.02. The molecule has 0 aliphatic heterocycles. The summed E-state index contributed by atoms with van der Waals surface area (Å²) in [5.74, 6) is -0.514. The van der Waals surface area contributed by atoms with Gasteiger partial charge in [-0.25, -0.2) is 13.1 Å². The van der Waals surface area contributed by atoms with Gasteiger partial charge in [0.05, 0.1) is 11.2 Å². The van der Waals surface area contributed by atoms with E-state index in [1.165, 1.54) is 6.26 Å². The molecule has 8 nitrogen and oxygen atoms in total. The summed E-state index contributed by atoms with van der Waals surface area (Å²) in [5, 5.41) is 5.41. The predicted molar refractivity (Wildman–Crippen MR) is 132 cm³/mol. The van der Waals surface area contributed by atoms with Crippen molar-refractivity contribution in [1.82, 2.24) is 4.72 Å². The van der Waals surface area contributed by atoms with Crippen LogP contribution < -0.4 is 15.4 Å². The van der Waals surface area contributed by atoms with Gasteiger partial charge in [0.15, 0.2) is 5.76 Å². The minimum Gasteiger partial charge on any atom is -0.459 e. The summed E-state index contributed by atoms with van der Waals surface area (Å²) < 4.78 is 33.5. The van der Waals surface area contributed by atoms with Crippen molar-refractivity contribution < 1.29 is 22.4 Å². The molecule has 0 saturated heterocycles. The molecule has 0 saturated carbocycles. The van der Waals surface area contributed by atoms with Crippen molar-refractivity contribution in [1.29, 1.82) is 0 Å². The van der Waals surface area contributed by atoms with Gasteiger partial charge in [0.1, 0.15) is 0 Å². The van der Waals surface area contributed by atoms with Gasteiger partial charge in [0.25, 0.3) is 5.91 Å². The molecule has 180 valence electrons. The largest absolute Gasteiger partial charge is 0.459 e. The summed E-state index contributed by atoms with van der Waals surface area (Å²) in [4.78, 5) is 24.6. The lowest BCUT2D eigenvalue weighted by atomic mass is 9.95. The Balaban J connectivity index is 1.56. The minimum atomic E-state index is -3.77. The van der Waals surface area contributed by atoms with Crippen molar-refractivity contribution in [2.45, 2.75) is 45.9 Å². The average molecular weight is 484 g/mol. The van der Waals surface area contributed by atoms with Crippen LogP contribution in [-0.4, -0.2) is 26.8 Å². The molecule has 1 heterocycles. The van der Waals surface area contributed by atoms with Gasteiger partial charge in [-0.05, 0) is 98.8 Å². The second-order valence-electron chi connectivity index (χ2n) is 8.16. The fourth-order valence-electron chi connectivity index (χ4n) is 3.70. The molecule has 0 radical (unpaired) electrons. The van der Waals surface area contributed by atoms with Crippen molar-refractivity contribution in [3.8, 4) is 0 Å². The Morgan fingerprint density at radius 3 is 1.85 bits per heavy atom. The number of furan rings is 1. The maximum atomic E-state index is 13.0. The SMILES string of the molecule is Cc1c(C)c(C)c(S(=O)(=O)NCCC(=O)Nc2ccc(NC(=O)c3ccco3)cc2)c(C)c1C. The fourth-order valence-corrected chi connectivity index (χ4v) is 5.33. The third-order valence-corrected chi connectivity index (χ3v) is 7.75. The number of sulfonamides is 1. The van der Waals surface area contributed by atoms with Gasteiger partial charge in [-0.2, -0.15) is 0 Å². The molecule has 0 spiro atoms. The quantitative estimate of drug-likeness (QED) is 0.439. The van der Waals surface area contributed by atoms with E-state index in [0.717, 1.165) is 27.8 Å². The number of benzene rings is 2. The van der Waals surface area contributed by atoms with E-state index in [-0.39, 0.29) is 35.4 Å². The molecule has 0 unspecified atom stereocenters. The number of amides is 2. The van der Waals surface area contributed by atoms with Gasteiger partial charge < -0.3 is 15.1 Å². The third kappa shape index (κ3) is 5.55. The standard InChI is InChI=1S/C25H29N3O5S/c1-15-16(2)18(4)24(19(5)17(15)3)34(31,32)26-13-12-23(29)27-20-8-10-21(11-9-20)28-25(30)22-7-6-14-33-22/h6-11,14,26H,12-13H2,1-5H3,(H,27,29)(H,28,30). The highest BCUT2D eigenvalue weighted by Crippen LogP contribution is 2.29. The minimum absolute atomic E-state index is 0.0296. The number of rotatable bonds is 8. The number of nitrogens with one attached hydrogen (secondary N) is 3. The summed E-state index contributed by atoms with van der Waals surface area (Å²) in [6.07, 6.45) is 1.39. The van der Waals surface area contributed by atoms with Gasteiger partial charge in [0.2, 0.25) is 15.9 Å². The first-order chi connectivity index (χ1) is 16.0. The molecule has 34 heavy (non-hydrogen) atoms. The Morgan fingerprint density at radius 2 is 1.32 bits per heavy atom. The van der Waals surface area contributed by atoms with Gasteiger partial charge >= 0.3 is 0 Å². The molecule has 0 atom stereocenters. The zero-order chi connectivity index (χ0) is 25.0. The highest BCUT2D eigenvalue weighted by Gasteiger charge is 2.23. The Kier molecular flexibility index (Phi) is 7.58. The lowest BCUT2D eigenvalue weighted by molar-refractivity contribution is -0.116. The van der Waals surface area contributed by atoms with E-state index >= 15 is 0 Å². The Labute approximate surface area is 199 Å². The molecular formula is C25H29N3O5S. The lowest BCUT2D eigenvalue weighted by Crippen LogP contribution is -2.29. The monoisotopic (exact) mass is 483 g/mol. The van der Waals surface area contributed by atoms with Crippen LogP contribution in [-0.2, 0) is 14.8 Å². The van der Waals surface area contributed by atoms with Crippen LogP contribution in [0.1, 0.15) is 44.8 Å². The smallest absolute Gasteiger partial charge is 0.291 e. The van der Waals surface area contributed by atoms with Crippen LogP contribution >= 0.6 is 0 Å². The molecule has 1 aromatic heterocycles. The molecule has 3 rings (SSSR count). The second kappa shape index (κ2) is 10.2. The van der Waals surface area contributed by atoms with Crippen LogP contribution in [0.2, 0.25) is 0 Å². The van der Waals surface area contributed by atoms with Crippen molar-refractivity contribution in [3.05, 3.63) is 76.2 Å². The van der Waals surface area contributed by atoms with E-state index in [2.05, 4.69) is 15.4 Å². The molecule has 0 bridgehead atoms. The normalized spacial score (nSPS) is 11.3. The molecule has 2 amide bonds. The van der Waals surface area contributed by atoms with Crippen LogP contribution in [0.4, 0.5) is 11.4 Å². The zero-order valence-electron chi connectivity index (χ0n) is 19.9. The molecule has 3 aromatic rings. The second-order valence-corrected chi connectivity index (χ2v) is 9.86. The van der Waals surface area contributed by atoms with E-state index in [9.17, 15) is 18.0 Å². The highest BCUT2D eigenvalue weighted by atomic mass is 32.2. The number of carbonyl (C=O) groups excluding carboxylic acids is 2. The van der Waals surface area contributed by atoms with Gasteiger partial charge in [0, 0.05) is 24.3 Å². The topological polar surface area (TPSA) is 118 Å². The number of hydrogen-bond acceptors (Lipinski definition) is 5. The molecular weight excluding hydrogens is 454 g/mol. The van der Waals surface area contributed by atoms with Crippen molar-refractivity contribution in [2.75, 3.05) is 17.2 Å². The first-order valence-corrected chi connectivity index (χ1v) is 12.3. The van der Waals surface area contributed by atoms with Gasteiger partial charge in [-0.3, -0.25) is 9.59 Å². The summed E-state index contributed by atoms with van der Waals surface area (Å²) in [5.41, 5.74) is 5.49. The Bertz CT molecular complexity index is 1280. The number of hydrogen-bond donors (Lipinski definition) is 3. The Hall–Kier alpha value is -3.43. The van der Waals surface area contributed by atoms with Crippen LogP contribution in [0.25, 0.3) is 0 Å². The van der Waals surface area contributed by atoms with E-state index < -0.39 is 10.0 Å². The molecule has 0 aliphatic rings. The first kappa shape index (κ1) is 25.2. The van der Waals surface area contributed by atoms with E-state index in [1.54, 1.807) is 50.2 Å². The number of carbonyl (C=O) groups is 2. The van der Waals surface area contributed by atoms with Crippen LogP contribution in [0, 0.1) is 34.6 Å². The highest BCUT2D eigenvalue weighted by molar-refractivity contribution is 7.89. The molecule has 0 fully saturated rings. The molecule has 3 N–H and O–H groups in total. The van der Waals surface area contributed by atoms with Gasteiger partial charge in [-0.1, -0.05) is 0 Å². The Morgan fingerprint density at radius 1 is 0.794 bits per heavy atom. The summed E-state index contributed by atoms with van der Waals surface area (Å²) >= 11 is 0. The predicted octanol–water partition coefficient (Wildman–Crippen LogP) is 4.38. The van der Waals surface area contributed by atoms with E-state index in [1.807, 2.05) is 20.8 Å². The van der Waals surface area contributed by atoms with Crippen LogP contribution in [0.3, 0.4) is 0 Å². The van der Waals surface area contributed by atoms with Gasteiger partial charge in [-0.15, -0.1) is 0 Å². The average Bonchev–Trinajstić information content (AvgIpc) is 3.33.